The standard InChI is InChI=1S/C37H52N8O9S/c1-36(2,51)30-21-39-43-45(30)26-19-29(34(49)42-37(31(46)32(38)47)14-16-54-17-15-37)44(22-26)35(50)28(18-23-6-4-3-5-7-23)41-33(48)25-10-12-27(13-11-25)55(52,53)40-20-24-8-9-24/h10-13,21,23-24,26,28-29,40,51H,3-9,14-20,22H2,1-2H3,(H2,38,47)(H,41,48)(H,42,49)/t26?,28-,29?/m1/s1. The minimum Gasteiger partial charge on any atom is -0.384 e. The molecule has 0 spiro atoms. The number of ketones is 1. The van der Waals surface area contributed by atoms with Crippen LogP contribution in [-0.4, -0.2) is 107 Å². The molecule has 4 aliphatic rings. The van der Waals surface area contributed by atoms with Gasteiger partial charge in [0.25, 0.3) is 11.8 Å². The smallest absolute Gasteiger partial charge is 0.287 e. The molecule has 1 aromatic heterocycles. The number of ether oxygens (including phenoxy) is 1. The fourth-order valence-corrected chi connectivity index (χ4v) is 9.07. The van der Waals surface area contributed by atoms with Crippen LogP contribution in [0.2, 0.25) is 0 Å². The Morgan fingerprint density at radius 3 is 2.31 bits per heavy atom. The lowest BCUT2D eigenvalue weighted by molar-refractivity contribution is -0.147. The fourth-order valence-electron chi connectivity index (χ4n) is 7.96. The number of rotatable bonds is 15. The number of carbonyl (C=O) groups excluding carboxylic acids is 5. The van der Waals surface area contributed by atoms with Crippen molar-refractivity contribution in [2.24, 2.45) is 17.6 Å². The number of sulfonamides is 1. The molecule has 1 aromatic carbocycles. The largest absolute Gasteiger partial charge is 0.384 e. The zero-order chi connectivity index (χ0) is 39.5. The molecular weight excluding hydrogens is 733 g/mol. The van der Waals surface area contributed by atoms with E-state index < -0.39 is 68.7 Å². The topological polar surface area (TPSA) is 245 Å². The molecule has 2 saturated carbocycles. The van der Waals surface area contributed by atoms with Gasteiger partial charge in [-0.15, -0.1) is 5.10 Å². The Hall–Kier alpha value is -4.26. The van der Waals surface area contributed by atoms with Crippen molar-refractivity contribution in [2.45, 2.75) is 119 Å². The van der Waals surface area contributed by atoms with E-state index in [0.717, 1.165) is 44.9 Å². The molecule has 0 radical (unpaired) electrons. The molecule has 17 nitrogen and oxygen atoms in total. The van der Waals surface area contributed by atoms with Crippen LogP contribution in [0.25, 0.3) is 0 Å². The number of nitrogens with zero attached hydrogens (tertiary/aromatic N) is 4. The highest BCUT2D eigenvalue weighted by Gasteiger charge is 2.49. The first-order valence-corrected chi connectivity index (χ1v) is 20.6. The van der Waals surface area contributed by atoms with Crippen LogP contribution < -0.4 is 21.1 Å². The number of primary amides is 1. The average Bonchev–Trinajstić information content (AvgIpc) is 3.65. The summed E-state index contributed by atoms with van der Waals surface area (Å²) >= 11 is 0. The molecule has 0 bridgehead atoms. The van der Waals surface area contributed by atoms with Crippen LogP contribution in [0.4, 0.5) is 0 Å². The van der Waals surface area contributed by atoms with Crippen LogP contribution in [0.3, 0.4) is 0 Å². The summed E-state index contributed by atoms with van der Waals surface area (Å²) < 4.78 is 35.1. The van der Waals surface area contributed by atoms with Gasteiger partial charge in [0.05, 0.1) is 22.8 Å². The third-order valence-electron chi connectivity index (χ3n) is 11.4. The number of aromatic nitrogens is 3. The summed E-state index contributed by atoms with van der Waals surface area (Å²) in [4.78, 5) is 69.6. The highest BCUT2D eigenvalue weighted by molar-refractivity contribution is 7.89. The van der Waals surface area contributed by atoms with Gasteiger partial charge in [-0.1, -0.05) is 37.3 Å². The second-order valence-electron chi connectivity index (χ2n) is 16.0. The summed E-state index contributed by atoms with van der Waals surface area (Å²) in [6, 6.07) is 2.64. The van der Waals surface area contributed by atoms with Gasteiger partial charge in [0.2, 0.25) is 27.6 Å². The van der Waals surface area contributed by atoms with E-state index in [0.29, 0.717) is 24.6 Å². The number of nitrogens with two attached hydrogens (primary N) is 1. The number of carbonyl (C=O) groups is 5. The monoisotopic (exact) mass is 784 g/mol. The first-order valence-electron chi connectivity index (χ1n) is 19.2. The number of hydrogen-bond donors (Lipinski definition) is 5. The van der Waals surface area contributed by atoms with Crippen LogP contribution in [-0.2, 0) is 39.5 Å². The number of likely N-dealkylation sites (tertiary alicyclic amines) is 1. The second-order valence-corrected chi connectivity index (χ2v) is 17.7. The molecule has 3 heterocycles. The Morgan fingerprint density at radius 1 is 1.02 bits per heavy atom. The summed E-state index contributed by atoms with van der Waals surface area (Å²) in [6.45, 7) is 3.65. The minimum absolute atomic E-state index is 0.00751. The van der Waals surface area contributed by atoms with Crippen molar-refractivity contribution >= 4 is 39.4 Å². The van der Waals surface area contributed by atoms with Crippen molar-refractivity contribution in [1.29, 1.82) is 0 Å². The van der Waals surface area contributed by atoms with Crippen LogP contribution in [0.5, 0.6) is 0 Å². The number of nitrogens with one attached hydrogen (secondary N) is 3. The van der Waals surface area contributed by atoms with E-state index in [-0.39, 0.29) is 55.4 Å². The zero-order valence-electron chi connectivity index (χ0n) is 31.4. The molecule has 2 aromatic rings. The van der Waals surface area contributed by atoms with Gasteiger partial charge in [-0.2, -0.15) is 0 Å². The molecule has 300 valence electrons. The fraction of sp³-hybridized carbons (Fsp3) is 0.649. The number of Topliss-reactive ketones (excluding diaryl/α,β-unsaturated/α-hetero) is 1. The van der Waals surface area contributed by atoms with E-state index in [1.54, 1.807) is 13.8 Å². The van der Waals surface area contributed by atoms with E-state index >= 15 is 0 Å². The average molecular weight is 785 g/mol. The SMILES string of the molecule is CC(C)(O)c1cnnn1C1CC(C(=O)NC2(C(=O)C(N)=O)CCOCC2)N(C(=O)[C@@H](CC2CCCCC2)NC(=O)c2ccc(S(=O)(=O)NCC3CC3)cc2)C1. The van der Waals surface area contributed by atoms with Crippen molar-refractivity contribution in [3.63, 3.8) is 0 Å². The van der Waals surface area contributed by atoms with E-state index in [4.69, 9.17) is 10.5 Å². The summed E-state index contributed by atoms with van der Waals surface area (Å²) in [7, 11) is -3.76. The molecule has 2 unspecified atom stereocenters. The maximum Gasteiger partial charge on any atom is 0.287 e. The van der Waals surface area contributed by atoms with Crippen molar-refractivity contribution < 1.29 is 42.2 Å². The van der Waals surface area contributed by atoms with Gasteiger partial charge in [-0.3, -0.25) is 24.0 Å². The van der Waals surface area contributed by atoms with E-state index in [2.05, 4.69) is 25.7 Å². The Morgan fingerprint density at radius 2 is 1.69 bits per heavy atom. The maximum atomic E-state index is 14.8. The third kappa shape index (κ3) is 9.41. The summed E-state index contributed by atoms with van der Waals surface area (Å²) in [6.07, 6.45) is 8.47. The summed E-state index contributed by atoms with van der Waals surface area (Å²) in [5.74, 6) is -3.51. The number of aliphatic hydroxyl groups is 1. The third-order valence-corrected chi connectivity index (χ3v) is 12.8. The summed E-state index contributed by atoms with van der Waals surface area (Å²) in [5.41, 5.74) is 2.94. The molecule has 3 atom stereocenters. The molecule has 2 aliphatic carbocycles. The van der Waals surface area contributed by atoms with E-state index in [1.165, 1.54) is 40.0 Å². The predicted octanol–water partition coefficient (Wildman–Crippen LogP) is 0.825. The van der Waals surface area contributed by atoms with Gasteiger partial charge < -0.3 is 31.1 Å². The molecule has 4 amide bonds. The lowest BCUT2D eigenvalue weighted by Crippen LogP contribution is -2.64. The molecule has 18 heteroatoms. The molecule has 4 fully saturated rings. The predicted molar refractivity (Wildman–Crippen MR) is 196 cm³/mol. The van der Waals surface area contributed by atoms with Crippen molar-refractivity contribution in [3.8, 4) is 0 Å². The Labute approximate surface area is 320 Å². The Balaban J connectivity index is 1.28. The first kappa shape index (κ1) is 40.4. The molecule has 6 rings (SSSR count). The van der Waals surface area contributed by atoms with Gasteiger partial charge >= 0.3 is 0 Å². The normalized spacial score (nSPS) is 22.5. The van der Waals surface area contributed by atoms with Crippen molar-refractivity contribution in [1.82, 2.24) is 35.2 Å². The van der Waals surface area contributed by atoms with Gasteiger partial charge in [0.15, 0.2) is 0 Å². The highest BCUT2D eigenvalue weighted by atomic mass is 32.2. The molecule has 2 saturated heterocycles. The highest BCUT2D eigenvalue weighted by Crippen LogP contribution is 2.34. The lowest BCUT2D eigenvalue weighted by Gasteiger charge is -2.37. The van der Waals surface area contributed by atoms with Gasteiger partial charge in [0.1, 0.15) is 23.2 Å². The maximum absolute atomic E-state index is 14.8. The lowest BCUT2D eigenvalue weighted by atomic mass is 9.84. The van der Waals surface area contributed by atoms with Gasteiger partial charge in [0, 0.05) is 51.1 Å². The number of amides is 4. The summed E-state index contributed by atoms with van der Waals surface area (Å²) in [5, 5.41) is 24.7. The van der Waals surface area contributed by atoms with E-state index in [1.807, 2.05) is 0 Å². The first-order chi connectivity index (χ1) is 26.1. The van der Waals surface area contributed by atoms with Gasteiger partial charge in [-0.25, -0.2) is 17.8 Å². The van der Waals surface area contributed by atoms with Crippen molar-refractivity contribution in [3.05, 3.63) is 41.7 Å². The van der Waals surface area contributed by atoms with Crippen LogP contribution in [0, 0.1) is 11.8 Å². The quantitative estimate of drug-likeness (QED) is 0.158. The molecule has 2 aliphatic heterocycles. The Kier molecular flexibility index (Phi) is 12.1. The zero-order valence-corrected chi connectivity index (χ0v) is 32.2. The van der Waals surface area contributed by atoms with Crippen LogP contribution >= 0.6 is 0 Å². The van der Waals surface area contributed by atoms with Crippen LogP contribution in [0.1, 0.15) is 107 Å². The molecular formula is C37H52N8O9S. The second kappa shape index (κ2) is 16.5. The van der Waals surface area contributed by atoms with Crippen LogP contribution in [0.15, 0.2) is 35.4 Å². The van der Waals surface area contributed by atoms with E-state index in [9.17, 15) is 37.5 Å². The molecule has 55 heavy (non-hydrogen) atoms. The molecule has 6 N–H and O–H groups in total. The Bertz CT molecular complexity index is 1860. The minimum atomic E-state index is -3.76. The van der Waals surface area contributed by atoms with Crippen molar-refractivity contribution in [2.75, 3.05) is 26.3 Å². The van der Waals surface area contributed by atoms with Gasteiger partial charge in [-0.05, 0) is 69.2 Å². The number of hydrogen-bond acceptors (Lipinski definition) is 11. The number of benzene rings is 1.